The topological polar surface area (TPSA) is 79.6 Å². The first-order chi connectivity index (χ1) is 17.2. The lowest BCUT2D eigenvalue weighted by atomic mass is 10.1. The lowest BCUT2D eigenvalue weighted by molar-refractivity contribution is -0.120. The summed E-state index contributed by atoms with van der Waals surface area (Å²) in [6, 6.07) is 12.1. The van der Waals surface area contributed by atoms with E-state index in [1.165, 1.54) is 24.8 Å². The smallest absolute Gasteiger partial charge is 0.217 e. The van der Waals surface area contributed by atoms with Gasteiger partial charge in [-0.15, -0.1) is 5.11 Å². The van der Waals surface area contributed by atoms with E-state index in [-0.39, 0.29) is 5.78 Å². The number of likely N-dealkylation sites (tertiary alicyclic amines) is 1. The van der Waals surface area contributed by atoms with Gasteiger partial charge in [-0.25, -0.2) is 0 Å². The Morgan fingerprint density at radius 1 is 1.09 bits per heavy atom. The first-order valence-corrected chi connectivity index (χ1v) is 12.8. The maximum Gasteiger partial charge on any atom is 0.217 e. The number of ketones is 1. The Kier molecular flexibility index (Phi) is 9.60. The number of azo groups is 1. The van der Waals surface area contributed by atoms with Gasteiger partial charge in [0.2, 0.25) is 5.88 Å². The van der Waals surface area contributed by atoms with Crippen LogP contribution in [0.2, 0.25) is 0 Å². The lowest BCUT2D eigenvalue weighted by Gasteiger charge is -2.29. The number of ether oxygens (including phenoxy) is 2. The average molecular weight is 480 g/mol. The molecule has 1 aromatic heterocycles. The molecule has 2 aromatic rings. The van der Waals surface area contributed by atoms with Crippen LogP contribution < -0.4 is 9.64 Å². The summed E-state index contributed by atoms with van der Waals surface area (Å²) in [6.45, 7) is 8.69. The van der Waals surface area contributed by atoms with E-state index in [4.69, 9.17) is 9.47 Å². The molecular weight excluding hydrogens is 442 g/mol. The van der Waals surface area contributed by atoms with Crippen LogP contribution in [0.3, 0.4) is 0 Å². The molecule has 0 aliphatic carbocycles. The molecule has 2 fully saturated rings. The van der Waals surface area contributed by atoms with Crippen LogP contribution in [0.4, 0.5) is 11.5 Å². The Morgan fingerprint density at radius 2 is 1.91 bits per heavy atom. The van der Waals surface area contributed by atoms with E-state index in [2.05, 4.69) is 44.1 Å². The molecule has 2 saturated heterocycles. The molecule has 8 nitrogen and oxygen atoms in total. The van der Waals surface area contributed by atoms with E-state index in [0.29, 0.717) is 57.4 Å². The molecule has 2 aliphatic heterocycles. The van der Waals surface area contributed by atoms with Crippen LogP contribution in [0, 0.1) is 6.92 Å². The molecule has 35 heavy (non-hydrogen) atoms. The molecular formula is C27H37N5O3. The highest BCUT2D eigenvalue weighted by molar-refractivity contribution is 5.80. The zero-order chi connectivity index (χ0) is 24.3. The number of anilines is 1. The van der Waals surface area contributed by atoms with Crippen LogP contribution in [-0.4, -0.2) is 68.2 Å². The summed E-state index contributed by atoms with van der Waals surface area (Å²) in [5.74, 6) is 1.33. The maximum atomic E-state index is 12.3. The zero-order valence-corrected chi connectivity index (χ0v) is 20.8. The Balaban J connectivity index is 1.34. The predicted molar refractivity (Wildman–Crippen MR) is 137 cm³/mol. The summed E-state index contributed by atoms with van der Waals surface area (Å²) in [7, 11) is 0. The van der Waals surface area contributed by atoms with Crippen LogP contribution in [0.1, 0.15) is 43.2 Å². The number of nitrogens with zero attached hydrogens (tertiary/aromatic N) is 5. The van der Waals surface area contributed by atoms with E-state index < -0.39 is 0 Å². The quantitative estimate of drug-likeness (QED) is 0.343. The van der Waals surface area contributed by atoms with Crippen molar-refractivity contribution in [2.45, 2.75) is 45.6 Å². The third kappa shape index (κ3) is 8.40. The van der Waals surface area contributed by atoms with Crippen molar-refractivity contribution in [3.05, 3.63) is 47.5 Å². The van der Waals surface area contributed by atoms with E-state index in [1.54, 1.807) is 0 Å². The molecule has 1 aromatic carbocycles. The Morgan fingerprint density at radius 3 is 2.71 bits per heavy atom. The number of piperidine rings is 1. The van der Waals surface area contributed by atoms with Crippen LogP contribution in [-0.2, 0) is 16.1 Å². The summed E-state index contributed by atoms with van der Waals surface area (Å²) in [6.07, 6.45) is 4.89. The van der Waals surface area contributed by atoms with Gasteiger partial charge in [-0.1, -0.05) is 36.2 Å². The van der Waals surface area contributed by atoms with Crippen LogP contribution >= 0.6 is 0 Å². The molecule has 0 amide bonds. The number of aryl methyl sites for hydroxylation is 1. The second kappa shape index (κ2) is 13.3. The summed E-state index contributed by atoms with van der Waals surface area (Å²) >= 11 is 0. The summed E-state index contributed by atoms with van der Waals surface area (Å²) in [5.41, 5.74) is 3.32. The van der Waals surface area contributed by atoms with Crippen molar-refractivity contribution >= 4 is 17.3 Å². The molecule has 2 aliphatic rings. The molecule has 0 atom stereocenters. The van der Waals surface area contributed by atoms with Gasteiger partial charge < -0.3 is 14.4 Å². The Bertz CT molecular complexity index is 985. The number of aromatic nitrogens is 1. The minimum absolute atomic E-state index is 0.288. The van der Waals surface area contributed by atoms with Gasteiger partial charge in [0.1, 0.15) is 5.78 Å². The van der Waals surface area contributed by atoms with Gasteiger partial charge in [0.15, 0.2) is 5.82 Å². The third-order valence-corrected chi connectivity index (χ3v) is 6.36. The molecule has 0 radical (unpaired) electrons. The summed E-state index contributed by atoms with van der Waals surface area (Å²) < 4.78 is 11.5. The fourth-order valence-electron chi connectivity index (χ4n) is 4.50. The molecule has 0 N–H and O–H groups in total. The zero-order valence-electron chi connectivity index (χ0n) is 20.8. The number of benzene rings is 1. The first-order valence-electron chi connectivity index (χ1n) is 12.8. The minimum Gasteiger partial charge on any atom is -0.478 e. The normalized spacial score (nSPS) is 17.1. The van der Waals surface area contributed by atoms with Gasteiger partial charge >= 0.3 is 0 Å². The molecule has 0 saturated carbocycles. The highest BCUT2D eigenvalue weighted by Gasteiger charge is 2.15. The number of morpholine rings is 1. The van der Waals surface area contributed by atoms with Crippen molar-refractivity contribution in [3.63, 3.8) is 0 Å². The standard InChI is InChI=1S/C27H37N5O3/c1-22-7-5-8-23(17-22)20-28-30-26-18-24(32-12-15-34-16-13-32)19-27(29-26)35-14-6-9-25(33)21-31-10-3-2-4-11-31/h5,7-8,17-19H,2-4,6,9-16,20-21H2,1H3. The minimum atomic E-state index is 0.288. The molecule has 188 valence electrons. The molecule has 3 heterocycles. The third-order valence-electron chi connectivity index (χ3n) is 6.36. The number of Topliss-reactive ketones (excluding diaryl/α,β-unsaturated/α-hetero) is 1. The molecule has 0 spiro atoms. The van der Waals surface area contributed by atoms with Gasteiger partial charge in [-0.05, 0) is 44.8 Å². The van der Waals surface area contributed by atoms with Crippen molar-refractivity contribution in [2.75, 3.05) is 57.4 Å². The number of hydrogen-bond donors (Lipinski definition) is 0. The average Bonchev–Trinajstić information content (AvgIpc) is 2.88. The number of rotatable bonds is 11. The van der Waals surface area contributed by atoms with E-state index in [1.807, 2.05) is 24.3 Å². The second-order valence-corrected chi connectivity index (χ2v) is 9.34. The Hall–Kier alpha value is -2.84. The van der Waals surface area contributed by atoms with Crippen molar-refractivity contribution in [2.24, 2.45) is 10.2 Å². The van der Waals surface area contributed by atoms with Gasteiger partial charge in [0.25, 0.3) is 0 Å². The molecule has 8 heteroatoms. The van der Waals surface area contributed by atoms with Crippen LogP contribution in [0.5, 0.6) is 5.88 Å². The molecule has 0 unspecified atom stereocenters. The van der Waals surface area contributed by atoms with Crippen molar-refractivity contribution in [3.8, 4) is 5.88 Å². The number of carbonyl (C=O) groups is 1. The molecule has 4 rings (SSSR count). The van der Waals surface area contributed by atoms with Crippen LogP contribution in [0.15, 0.2) is 46.6 Å². The molecule has 0 bridgehead atoms. The van der Waals surface area contributed by atoms with Gasteiger partial charge in [-0.3, -0.25) is 9.69 Å². The highest BCUT2D eigenvalue weighted by Crippen LogP contribution is 2.27. The summed E-state index contributed by atoms with van der Waals surface area (Å²) in [4.78, 5) is 21.4. The van der Waals surface area contributed by atoms with Crippen molar-refractivity contribution < 1.29 is 14.3 Å². The highest BCUT2D eigenvalue weighted by atomic mass is 16.5. The SMILES string of the molecule is Cc1cccc(CN=Nc2cc(N3CCOCC3)cc(OCCCC(=O)CN3CCCCC3)n2)c1. The van der Waals surface area contributed by atoms with Crippen LogP contribution in [0.25, 0.3) is 0 Å². The first kappa shape index (κ1) is 25.3. The van der Waals surface area contributed by atoms with E-state index in [9.17, 15) is 4.79 Å². The van der Waals surface area contributed by atoms with Gasteiger partial charge in [0.05, 0.1) is 32.9 Å². The fourth-order valence-corrected chi connectivity index (χ4v) is 4.50. The predicted octanol–water partition coefficient (Wildman–Crippen LogP) is 4.72. The largest absolute Gasteiger partial charge is 0.478 e. The lowest BCUT2D eigenvalue weighted by Crippen LogP contribution is -2.36. The fraction of sp³-hybridized carbons (Fsp3) is 0.556. The van der Waals surface area contributed by atoms with Crippen molar-refractivity contribution in [1.82, 2.24) is 9.88 Å². The van der Waals surface area contributed by atoms with E-state index in [0.717, 1.165) is 37.4 Å². The van der Waals surface area contributed by atoms with Crippen molar-refractivity contribution in [1.29, 1.82) is 0 Å². The summed E-state index contributed by atoms with van der Waals surface area (Å²) in [5, 5.41) is 8.76. The maximum absolute atomic E-state index is 12.3. The number of hydrogen-bond acceptors (Lipinski definition) is 8. The van der Waals surface area contributed by atoms with E-state index >= 15 is 0 Å². The Labute approximate surface area is 208 Å². The number of pyridine rings is 1. The second-order valence-electron chi connectivity index (χ2n) is 9.34. The monoisotopic (exact) mass is 479 g/mol. The van der Waals surface area contributed by atoms with Gasteiger partial charge in [0, 0.05) is 37.3 Å². The van der Waals surface area contributed by atoms with Gasteiger partial charge in [-0.2, -0.15) is 10.1 Å². The number of carbonyl (C=O) groups excluding carboxylic acids is 1.